The number of hydrogen-bond acceptors (Lipinski definition) is 10. The van der Waals surface area contributed by atoms with Gasteiger partial charge in [0.1, 0.15) is 11.5 Å². The molecule has 0 aliphatic carbocycles. The molecular formula is C29H24BrN3O8S. The summed E-state index contributed by atoms with van der Waals surface area (Å²) in [5, 5.41) is 11.0. The van der Waals surface area contributed by atoms with E-state index in [9.17, 15) is 19.7 Å². The first-order valence-electron chi connectivity index (χ1n) is 12.6. The third kappa shape index (κ3) is 5.28. The van der Waals surface area contributed by atoms with Gasteiger partial charge in [0.05, 0.1) is 47.6 Å². The predicted molar refractivity (Wildman–Crippen MR) is 158 cm³/mol. The smallest absolute Gasteiger partial charge is 0.338 e. The van der Waals surface area contributed by atoms with Gasteiger partial charge < -0.3 is 18.6 Å². The lowest BCUT2D eigenvalue weighted by atomic mass is 9.95. The van der Waals surface area contributed by atoms with Crippen molar-refractivity contribution in [2.24, 2.45) is 4.99 Å². The van der Waals surface area contributed by atoms with Crippen LogP contribution in [0.2, 0.25) is 0 Å². The number of thiazole rings is 1. The van der Waals surface area contributed by atoms with Crippen LogP contribution in [0.25, 0.3) is 17.4 Å². The molecule has 0 fully saturated rings. The molecule has 13 heteroatoms. The number of halogens is 1. The van der Waals surface area contributed by atoms with Crippen LogP contribution in [0.4, 0.5) is 5.69 Å². The first kappa shape index (κ1) is 29.0. The monoisotopic (exact) mass is 653 g/mol. The first-order chi connectivity index (χ1) is 20.2. The fourth-order valence-electron chi connectivity index (χ4n) is 4.63. The van der Waals surface area contributed by atoms with Crippen LogP contribution in [0.3, 0.4) is 0 Å². The van der Waals surface area contributed by atoms with Crippen LogP contribution >= 0.6 is 27.3 Å². The fourth-order valence-corrected chi connectivity index (χ4v) is 6.19. The molecule has 1 atom stereocenters. The molecule has 4 aromatic rings. The molecule has 2 aromatic carbocycles. The molecule has 0 radical (unpaired) electrons. The van der Waals surface area contributed by atoms with Crippen LogP contribution in [0.15, 0.2) is 78.5 Å². The molecular weight excluding hydrogens is 630 g/mol. The van der Waals surface area contributed by atoms with Crippen LogP contribution in [-0.4, -0.2) is 36.3 Å². The van der Waals surface area contributed by atoms with E-state index >= 15 is 0 Å². The summed E-state index contributed by atoms with van der Waals surface area (Å²) in [5.41, 5.74) is 1.47. The van der Waals surface area contributed by atoms with E-state index in [4.69, 9.17) is 18.6 Å². The van der Waals surface area contributed by atoms with Gasteiger partial charge in [-0.2, -0.15) is 0 Å². The Morgan fingerprint density at radius 2 is 1.86 bits per heavy atom. The minimum Gasteiger partial charge on any atom is -0.493 e. The second-order valence-electron chi connectivity index (χ2n) is 9.04. The minimum atomic E-state index is -0.871. The number of nitro groups is 1. The number of carbonyl (C=O) groups is 1. The number of fused-ring (bicyclic) bond motifs is 1. The van der Waals surface area contributed by atoms with Gasteiger partial charge in [0.2, 0.25) is 0 Å². The number of carbonyl (C=O) groups excluding carboxylic acids is 1. The highest BCUT2D eigenvalue weighted by Gasteiger charge is 2.35. The van der Waals surface area contributed by atoms with E-state index in [1.54, 1.807) is 56.3 Å². The highest BCUT2D eigenvalue weighted by Crippen LogP contribution is 2.40. The summed E-state index contributed by atoms with van der Waals surface area (Å²) in [4.78, 5) is 42.6. The lowest BCUT2D eigenvalue weighted by molar-refractivity contribution is -0.384. The topological polar surface area (TPSA) is 135 Å². The Morgan fingerprint density at radius 1 is 1.17 bits per heavy atom. The van der Waals surface area contributed by atoms with Crippen LogP contribution < -0.4 is 24.4 Å². The Balaban J connectivity index is 1.65. The Bertz CT molecular complexity index is 1920. The number of benzene rings is 2. The highest BCUT2D eigenvalue weighted by atomic mass is 79.9. The molecule has 0 unspecified atom stereocenters. The van der Waals surface area contributed by atoms with E-state index < -0.39 is 16.9 Å². The van der Waals surface area contributed by atoms with E-state index in [-0.39, 0.29) is 23.4 Å². The molecule has 1 aliphatic rings. The van der Waals surface area contributed by atoms with Crippen molar-refractivity contribution in [2.75, 3.05) is 20.8 Å². The summed E-state index contributed by atoms with van der Waals surface area (Å²) in [7, 11) is 3.02. The largest absolute Gasteiger partial charge is 0.493 e. The van der Waals surface area contributed by atoms with Crippen LogP contribution in [0.1, 0.15) is 31.2 Å². The van der Waals surface area contributed by atoms with Gasteiger partial charge in [-0.05, 0) is 55.8 Å². The summed E-state index contributed by atoms with van der Waals surface area (Å²) in [6.07, 6.45) is 1.60. The number of allylic oxidation sites excluding steroid dienone is 1. The van der Waals surface area contributed by atoms with Crippen molar-refractivity contribution >= 4 is 45.0 Å². The molecule has 0 saturated heterocycles. The maximum absolute atomic E-state index is 13.9. The lowest BCUT2D eigenvalue weighted by Crippen LogP contribution is -2.40. The van der Waals surface area contributed by atoms with Crippen molar-refractivity contribution in [3.63, 3.8) is 0 Å². The van der Waals surface area contributed by atoms with E-state index in [1.165, 1.54) is 30.9 Å². The molecule has 3 heterocycles. The van der Waals surface area contributed by atoms with Gasteiger partial charge in [0.15, 0.2) is 16.3 Å². The normalized spacial score (nSPS) is 14.8. The van der Waals surface area contributed by atoms with Crippen molar-refractivity contribution in [2.45, 2.75) is 19.9 Å². The number of esters is 1. The molecule has 5 rings (SSSR count). The SMILES string of the molecule is CCOC(=O)C1=C(C)N=c2s/c(=C/c3ccc(-c4ccc([N+](=O)[O-])cc4)o3)c(=O)n2[C@H]1c1cc(OC)c(OC)cc1Br. The summed E-state index contributed by atoms with van der Waals surface area (Å²) in [6.45, 7) is 3.56. The number of hydrogen-bond donors (Lipinski definition) is 0. The molecule has 11 nitrogen and oxygen atoms in total. The third-order valence-electron chi connectivity index (χ3n) is 6.58. The predicted octanol–water partition coefficient (Wildman–Crippen LogP) is 4.75. The molecule has 0 saturated carbocycles. The van der Waals surface area contributed by atoms with E-state index in [0.29, 0.717) is 53.6 Å². The fraction of sp³-hybridized carbons (Fsp3) is 0.207. The Kier molecular flexibility index (Phi) is 8.14. The van der Waals surface area contributed by atoms with Gasteiger partial charge in [-0.25, -0.2) is 9.79 Å². The maximum atomic E-state index is 13.9. The molecule has 42 heavy (non-hydrogen) atoms. The number of non-ortho nitro benzene ring substituents is 1. The number of aromatic nitrogens is 1. The Morgan fingerprint density at radius 3 is 2.50 bits per heavy atom. The Hall–Kier alpha value is -4.49. The van der Waals surface area contributed by atoms with Crippen LogP contribution in [0, 0.1) is 10.1 Å². The quantitative estimate of drug-likeness (QED) is 0.151. The second-order valence-corrected chi connectivity index (χ2v) is 10.9. The van der Waals surface area contributed by atoms with Crippen LogP contribution in [0.5, 0.6) is 11.5 Å². The summed E-state index contributed by atoms with van der Waals surface area (Å²) in [5.74, 6) is 1.19. The van der Waals surface area contributed by atoms with Gasteiger partial charge >= 0.3 is 5.97 Å². The van der Waals surface area contributed by atoms with Crippen molar-refractivity contribution in [3.8, 4) is 22.8 Å². The van der Waals surface area contributed by atoms with E-state index in [2.05, 4.69) is 20.9 Å². The van der Waals surface area contributed by atoms with Crippen molar-refractivity contribution in [3.05, 3.63) is 105 Å². The maximum Gasteiger partial charge on any atom is 0.338 e. The molecule has 0 N–H and O–H groups in total. The Labute approximate surface area is 251 Å². The first-order valence-corrected chi connectivity index (χ1v) is 14.2. The average Bonchev–Trinajstić information content (AvgIpc) is 3.56. The van der Waals surface area contributed by atoms with Gasteiger partial charge in [-0.3, -0.25) is 19.5 Å². The molecule has 0 spiro atoms. The van der Waals surface area contributed by atoms with Crippen LogP contribution in [-0.2, 0) is 9.53 Å². The standard InChI is InChI=1S/C29H24BrN3O8S/c1-5-40-28(35)25-15(2)31-29-32(26(25)19-13-22(38-3)23(39-4)14-20(19)30)27(34)24(42-29)12-18-10-11-21(41-18)16-6-8-17(9-7-16)33(36)37/h6-14,26H,5H2,1-4H3/b24-12+/t26-/m0/s1. The number of methoxy groups -OCH3 is 2. The zero-order chi connectivity index (χ0) is 30.1. The second kappa shape index (κ2) is 11.8. The van der Waals surface area contributed by atoms with E-state index in [0.717, 1.165) is 11.3 Å². The molecule has 2 aromatic heterocycles. The number of rotatable bonds is 8. The zero-order valence-corrected chi connectivity index (χ0v) is 25.3. The highest BCUT2D eigenvalue weighted by molar-refractivity contribution is 9.10. The molecule has 0 bridgehead atoms. The number of nitrogens with zero attached hydrogens (tertiary/aromatic N) is 3. The van der Waals surface area contributed by atoms with Gasteiger partial charge in [-0.1, -0.05) is 27.3 Å². The van der Waals surface area contributed by atoms with Crippen molar-refractivity contribution in [1.29, 1.82) is 0 Å². The average molecular weight is 654 g/mol. The zero-order valence-electron chi connectivity index (χ0n) is 22.9. The number of nitro benzene ring substituents is 1. The van der Waals surface area contributed by atoms with Crippen molar-refractivity contribution in [1.82, 2.24) is 4.57 Å². The van der Waals surface area contributed by atoms with Crippen molar-refractivity contribution < 1.29 is 28.3 Å². The summed E-state index contributed by atoms with van der Waals surface area (Å²) >= 11 is 4.74. The van der Waals surface area contributed by atoms with Gasteiger partial charge in [0, 0.05) is 28.2 Å². The molecule has 216 valence electrons. The summed E-state index contributed by atoms with van der Waals surface area (Å²) < 4.78 is 24.6. The third-order valence-corrected chi connectivity index (χ3v) is 8.25. The van der Waals surface area contributed by atoms with E-state index in [1.807, 2.05) is 0 Å². The summed E-state index contributed by atoms with van der Waals surface area (Å²) in [6, 6.07) is 11.9. The van der Waals surface area contributed by atoms with Gasteiger partial charge in [-0.15, -0.1) is 0 Å². The number of furan rings is 1. The van der Waals surface area contributed by atoms with Gasteiger partial charge in [0.25, 0.3) is 11.2 Å². The molecule has 1 aliphatic heterocycles. The minimum absolute atomic E-state index is 0.0280. The number of ether oxygens (including phenoxy) is 3. The lowest BCUT2D eigenvalue weighted by Gasteiger charge is -2.26. The molecule has 0 amide bonds.